The summed E-state index contributed by atoms with van der Waals surface area (Å²) in [6.45, 7) is 1.51. The molecule has 0 unspecified atom stereocenters. The highest BCUT2D eigenvalue weighted by atomic mass is 35.5. The average Bonchev–Trinajstić information content (AvgIpc) is 2.66. The molecule has 2 aromatic rings. The standard InChI is InChI=1S/C17H19Cl2NO2.C2H2O4/c1-21-16-5-3-4-13(17(16)22-2)11-20-9-8-12-6-7-14(18)10-15(12)19;3-1(4)2(5)6/h3-7,10,20H,8-9,11H2,1-2H3;(H,3,4)(H,5,6). The molecule has 0 fully saturated rings. The zero-order valence-corrected chi connectivity index (χ0v) is 16.9. The fourth-order valence-corrected chi connectivity index (χ4v) is 2.77. The molecular weight excluding hydrogens is 409 g/mol. The van der Waals surface area contributed by atoms with E-state index in [1.54, 1.807) is 20.3 Å². The first kappa shape index (κ1) is 23.6. The van der Waals surface area contributed by atoms with Gasteiger partial charge in [-0.05, 0) is 36.7 Å². The molecule has 3 N–H and O–H groups in total. The fraction of sp³-hybridized carbons (Fsp3) is 0.263. The van der Waals surface area contributed by atoms with Gasteiger partial charge < -0.3 is 25.0 Å². The number of halogens is 2. The van der Waals surface area contributed by atoms with Crippen molar-refractivity contribution in [2.75, 3.05) is 20.8 Å². The molecule has 0 heterocycles. The molecule has 0 aromatic heterocycles. The predicted molar refractivity (Wildman–Crippen MR) is 107 cm³/mol. The minimum absolute atomic E-state index is 0.655. The minimum Gasteiger partial charge on any atom is -0.493 e. The molecule has 152 valence electrons. The van der Waals surface area contributed by atoms with Crippen molar-refractivity contribution in [2.45, 2.75) is 13.0 Å². The monoisotopic (exact) mass is 429 g/mol. The van der Waals surface area contributed by atoms with E-state index < -0.39 is 11.9 Å². The van der Waals surface area contributed by atoms with E-state index in [4.69, 9.17) is 52.5 Å². The zero-order valence-electron chi connectivity index (χ0n) is 15.4. The Balaban J connectivity index is 0.000000568. The van der Waals surface area contributed by atoms with Crippen LogP contribution in [0.5, 0.6) is 11.5 Å². The van der Waals surface area contributed by atoms with Crippen LogP contribution >= 0.6 is 23.2 Å². The van der Waals surface area contributed by atoms with Crippen LogP contribution in [0.25, 0.3) is 0 Å². The molecule has 0 amide bonds. The molecule has 7 nitrogen and oxygen atoms in total. The van der Waals surface area contributed by atoms with Gasteiger partial charge in [-0.2, -0.15) is 0 Å². The Hall–Kier alpha value is -2.48. The first-order valence-electron chi connectivity index (χ1n) is 8.10. The van der Waals surface area contributed by atoms with E-state index in [0.29, 0.717) is 16.6 Å². The third-order valence-electron chi connectivity index (χ3n) is 3.57. The molecule has 0 atom stereocenters. The lowest BCUT2D eigenvalue weighted by Gasteiger charge is -2.13. The Morgan fingerprint density at radius 1 is 1.00 bits per heavy atom. The second-order valence-corrected chi connectivity index (χ2v) is 6.27. The van der Waals surface area contributed by atoms with Crippen LogP contribution in [0.15, 0.2) is 36.4 Å². The summed E-state index contributed by atoms with van der Waals surface area (Å²) in [5.41, 5.74) is 2.14. The highest BCUT2D eigenvalue weighted by molar-refractivity contribution is 6.35. The summed E-state index contributed by atoms with van der Waals surface area (Å²) >= 11 is 12.1. The Labute approximate surface area is 172 Å². The summed E-state index contributed by atoms with van der Waals surface area (Å²) in [5.74, 6) is -2.14. The number of nitrogens with one attached hydrogen (secondary N) is 1. The maximum absolute atomic E-state index is 9.10. The van der Waals surface area contributed by atoms with Crippen molar-refractivity contribution in [3.05, 3.63) is 57.6 Å². The second kappa shape index (κ2) is 12.1. The Kier molecular flexibility index (Phi) is 10.2. The summed E-state index contributed by atoms with van der Waals surface area (Å²) in [6.07, 6.45) is 0.836. The maximum atomic E-state index is 9.10. The van der Waals surface area contributed by atoms with Crippen LogP contribution in [-0.2, 0) is 22.6 Å². The molecule has 0 radical (unpaired) electrons. The molecule has 0 aliphatic heterocycles. The van der Waals surface area contributed by atoms with Crippen molar-refractivity contribution in [3.63, 3.8) is 0 Å². The Morgan fingerprint density at radius 2 is 1.68 bits per heavy atom. The van der Waals surface area contributed by atoms with Gasteiger partial charge in [-0.25, -0.2) is 9.59 Å². The van der Waals surface area contributed by atoms with Crippen molar-refractivity contribution in [1.29, 1.82) is 0 Å². The Morgan fingerprint density at radius 3 is 2.21 bits per heavy atom. The van der Waals surface area contributed by atoms with Gasteiger partial charge in [-0.3, -0.25) is 0 Å². The number of ether oxygens (including phenoxy) is 2. The van der Waals surface area contributed by atoms with E-state index in [1.807, 2.05) is 30.3 Å². The van der Waals surface area contributed by atoms with Gasteiger partial charge >= 0.3 is 11.9 Å². The van der Waals surface area contributed by atoms with Gasteiger partial charge in [0.05, 0.1) is 14.2 Å². The second-order valence-electron chi connectivity index (χ2n) is 5.43. The molecule has 0 spiro atoms. The first-order chi connectivity index (χ1) is 13.3. The number of hydrogen-bond acceptors (Lipinski definition) is 5. The molecule has 0 aliphatic carbocycles. The zero-order chi connectivity index (χ0) is 21.1. The minimum atomic E-state index is -1.82. The number of methoxy groups -OCH3 is 2. The van der Waals surface area contributed by atoms with E-state index in [9.17, 15) is 0 Å². The molecule has 2 rings (SSSR count). The number of rotatable bonds is 7. The van der Waals surface area contributed by atoms with Crippen LogP contribution in [0.3, 0.4) is 0 Å². The molecule has 0 bridgehead atoms. The van der Waals surface area contributed by atoms with Crippen molar-refractivity contribution in [3.8, 4) is 11.5 Å². The predicted octanol–water partition coefficient (Wildman–Crippen LogP) is 3.50. The lowest BCUT2D eigenvalue weighted by molar-refractivity contribution is -0.159. The molecular formula is C19H21Cl2NO6. The SMILES string of the molecule is COc1cccc(CNCCc2ccc(Cl)cc2Cl)c1OC.O=C(O)C(=O)O. The third-order valence-corrected chi connectivity index (χ3v) is 4.16. The van der Waals surface area contributed by atoms with Crippen LogP contribution < -0.4 is 14.8 Å². The van der Waals surface area contributed by atoms with E-state index in [2.05, 4.69) is 5.32 Å². The van der Waals surface area contributed by atoms with Crippen molar-refractivity contribution >= 4 is 35.1 Å². The van der Waals surface area contributed by atoms with E-state index >= 15 is 0 Å². The molecule has 28 heavy (non-hydrogen) atoms. The van der Waals surface area contributed by atoms with Crippen LogP contribution in [-0.4, -0.2) is 42.9 Å². The number of carbonyl (C=O) groups is 2. The maximum Gasteiger partial charge on any atom is 0.414 e. The smallest absolute Gasteiger partial charge is 0.414 e. The first-order valence-corrected chi connectivity index (χ1v) is 8.86. The third kappa shape index (κ3) is 7.64. The van der Waals surface area contributed by atoms with Crippen molar-refractivity contribution in [1.82, 2.24) is 5.32 Å². The summed E-state index contributed by atoms with van der Waals surface area (Å²) < 4.78 is 10.7. The lowest BCUT2D eigenvalue weighted by Crippen LogP contribution is -2.17. The summed E-state index contributed by atoms with van der Waals surface area (Å²) in [6, 6.07) is 11.4. The summed E-state index contributed by atoms with van der Waals surface area (Å²) in [4.78, 5) is 18.2. The lowest BCUT2D eigenvalue weighted by atomic mass is 10.1. The normalized spacial score (nSPS) is 9.86. The van der Waals surface area contributed by atoms with Crippen LogP contribution in [0.1, 0.15) is 11.1 Å². The van der Waals surface area contributed by atoms with E-state index in [1.165, 1.54) is 0 Å². The van der Waals surface area contributed by atoms with Crippen LogP contribution in [0.2, 0.25) is 10.0 Å². The topological polar surface area (TPSA) is 105 Å². The van der Waals surface area contributed by atoms with E-state index in [-0.39, 0.29) is 0 Å². The van der Waals surface area contributed by atoms with Gasteiger partial charge in [0.15, 0.2) is 11.5 Å². The number of hydrogen-bond donors (Lipinski definition) is 3. The fourth-order valence-electron chi connectivity index (χ4n) is 2.26. The van der Waals surface area contributed by atoms with Gasteiger partial charge in [0.25, 0.3) is 0 Å². The Bertz CT molecular complexity index is 801. The van der Waals surface area contributed by atoms with Crippen molar-refractivity contribution < 1.29 is 29.3 Å². The molecule has 0 aliphatic rings. The summed E-state index contributed by atoms with van der Waals surface area (Å²) in [5, 5.41) is 19.5. The number of aliphatic carboxylic acids is 2. The number of carboxylic acid groups (broad SMARTS) is 2. The molecule has 2 aromatic carbocycles. The van der Waals surface area contributed by atoms with Gasteiger partial charge in [0.2, 0.25) is 0 Å². The van der Waals surface area contributed by atoms with Gasteiger partial charge in [0.1, 0.15) is 0 Å². The summed E-state index contributed by atoms with van der Waals surface area (Å²) in [7, 11) is 3.28. The molecule has 0 saturated heterocycles. The average molecular weight is 430 g/mol. The number of benzene rings is 2. The van der Waals surface area contributed by atoms with E-state index in [0.717, 1.165) is 35.6 Å². The highest BCUT2D eigenvalue weighted by Crippen LogP contribution is 2.30. The van der Waals surface area contributed by atoms with Crippen molar-refractivity contribution in [2.24, 2.45) is 0 Å². The van der Waals surface area contributed by atoms with Crippen LogP contribution in [0, 0.1) is 0 Å². The molecule has 0 saturated carbocycles. The molecule has 9 heteroatoms. The quantitative estimate of drug-likeness (QED) is 0.456. The van der Waals surface area contributed by atoms with Gasteiger partial charge in [0, 0.05) is 22.2 Å². The highest BCUT2D eigenvalue weighted by Gasteiger charge is 2.09. The van der Waals surface area contributed by atoms with Crippen LogP contribution in [0.4, 0.5) is 0 Å². The number of para-hydroxylation sites is 1. The van der Waals surface area contributed by atoms with Gasteiger partial charge in [-0.1, -0.05) is 41.4 Å². The largest absolute Gasteiger partial charge is 0.493 e. The van der Waals surface area contributed by atoms with Gasteiger partial charge in [-0.15, -0.1) is 0 Å². The number of carboxylic acids is 2.